The molecule has 0 aliphatic rings. The van der Waals surface area contributed by atoms with Crippen molar-refractivity contribution in [1.82, 2.24) is 9.80 Å². The highest BCUT2D eigenvalue weighted by Gasteiger charge is 2.12. The Balaban J connectivity index is 0. The zero-order valence-corrected chi connectivity index (χ0v) is 26.7. The molecule has 0 atom stereocenters. The predicted molar refractivity (Wildman–Crippen MR) is 169 cm³/mol. The minimum Gasteiger partial charge on any atom is -0.512 e. The van der Waals surface area contributed by atoms with Gasteiger partial charge in [0.25, 0.3) is 0 Å². The van der Waals surface area contributed by atoms with E-state index in [9.17, 15) is 0 Å². The van der Waals surface area contributed by atoms with Crippen molar-refractivity contribution in [1.29, 1.82) is 0 Å². The maximum absolute atomic E-state index is 8.53. The third-order valence-electron chi connectivity index (χ3n) is 6.53. The van der Waals surface area contributed by atoms with E-state index in [0.717, 1.165) is 11.1 Å². The third-order valence-corrected chi connectivity index (χ3v) is 6.53. The first-order valence-electron chi connectivity index (χ1n) is 15.8. The number of nitrogens with zero attached hydrogens (tertiary/aromatic N) is 2. The Morgan fingerprint density at radius 1 is 0.579 bits per heavy atom. The molecule has 0 saturated carbocycles. The largest absolute Gasteiger partial charge is 0.707 e. The van der Waals surface area contributed by atoms with Crippen LogP contribution in [-0.4, -0.2) is 66.4 Å². The quantitative estimate of drug-likeness (QED) is 0.165. The van der Waals surface area contributed by atoms with Crippen molar-refractivity contribution < 1.29 is 14.7 Å². The van der Waals surface area contributed by atoms with Gasteiger partial charge in [-0.05, 0) is 103 Å². The van der Waals surface area contributed by atoms with Crippen LogP contribution < -0.4 is 4.65 Å². The molecule has 1 rings (SSSR count). The van der Waals surface area contributed by atoms with Gasteiger partial charge in [-0.25, -0.2) is 0 Å². The molecule has 0 unspecified atom stereocenters. The van der Waals surface area contributed by atoms with Crippen LogP contribution >= 0.6 is 0 Å². The summed E-state index contributed by atoms with van der Waals surface area (Å²) in [6.07, 6.45) is 16.2. The zero-order valence-electron chi connectivity index (χ0n) is 26.7. The Bertz CT molecular complexity index is 554. The summed E-state index contributed by atoms with van der Waals surface area (Å²) in [5.41, 5.74) is 2.01. The fourth-order valence-corrected chi connectivity index (χ4v) is 4.01. The Kier molecular flexibility index (Phi) is 29.7. The van der Waals surface area contributed by atoms with Crippen molar-refractivity contribution in [3.63, 3.8) is 0 Å². The fraction of sp³-hybridized carbons (Fsp3) is 0.812. The van der Waals surface area contributed by atoms with E-state index < -0.39 is 7.32 Å². The van der Waals surface area contributed by atoms with E-state index in [4.69, 9.17) is 14.7 Å². The lowest BCUT2D eigenvalue weighted by Gasteiger charge is -2.21. The molecule has 0 aliphatic carbocycles. The average Bonchev–Trinajstić information content (AvgIpc) is 2.90. The monoisotopic (exact) mass is 537 g/mol. The Morgan fingerprint density at radius 3 is 1.13 bits per heavy atom. The van der Waals surface area contributed by atoms with Crippen LogP contribution in [0.25, 0.3) is 0 Å². The van der Waals surface area contributed by atoms with Gasteiger partial charge in [-0.3, -0.25) is 0 Å². The molecular formula is C32H65BN2O3. The van der Waals surface area contributed by atoms with Gasteiger partial charge in [-0.1, -0.05) is 97.8 Å². The molecule has 1 aromatic carbocycles. The van der Waals surface area contributed by atoms with Gasteiger partial charge in [-0.2, -0.15) is 0 Å². The van der Waals surface area contributed by atoms with Gasteiger partial charge in [0.15, 0.2) is 0 Å². The first-order chi connectivity index (χ1) is 18.3. The highest BCUT2D eigenvalue weighted by molar-refractivity contribution is 6.33. The number of hydrogen-bond acceptors (Lipinski definition) is 5. The summed E-state index contributed by atoms with van der Waals surface area (Å²) in [5.74, 6) is 0.496. The second kappa shape index (κ2) is 28.9. The topological polar surface area (TPSA) is 56.2 Å². The SMILES string of the molecule is CCCCN(CCCC)CCCC.CCCCN(CCCC)CCCC.Cc1ccc(OB(O)O)c(C)c1. The summed E-state index contributed by atoms with van der Waals surface area (Å²) in [6.45, 7) is 25.4. The molecule has 0 amide bonds. The molecule has 38 heavy (non-hydrogen) atoms. The second-order valence-corrected chi connectivity index (χ2v) is 10.5. The molecule has 0 spiro atoms. The molecule has 5 nitrogen and oxygen atoms in total. The van der Waals surface area contributed by atoms with E-state index >= 15 is 0 Å². The third kappa shape index (κ3) is 25.2. The first-order valence-corrected chi connectivity index (χ1v) is 15.8. The van der Waals surface area contributed by atoms with Crippen LogP contribution in [0.5, 0.6) is 5.75 Å². The smallest absolute Gasteiger partial charge is 0.512 e. The Hall–Kier alpha value is -1.08. The Labute approximate surface area is 238 Å². The van der Waals surface area contributed by atoms with Gasteiger partial charge in [0, 0.05) is 0 Å². The van der Waals surface area contributed by atoms with Crippen molar-refractivity contribution >= 4 is 7.32 Å². The van der Waals surface area contributed by atoms with Gasteiger partial charge >= 0.3 is 7.32 Å². The predicted octanol–water partition coefficient (Wildman–Crippen LogP) is 8.03. The lowest BCUT2D eigenvalue weighted by atomic mass is 10.1. The molecule has 6 heteroatoms. The minimum atomic E-state index is -1.74. The summed E-state index contributed by atoms with van der Waals surface area (Å²) < 4.78 is 4.71. The molecule has 0 fully saturated rings. The van der Waals surface area contributed by atoms with Crippen LogP contribution in [0.4, 0.5) is 0 Å². The molecule has 0 saturated heterocycles. The first kappa shape index (κ1) is 39.1. The number of hydrogen-bond donors (Lipinski definition) is 2. The number of rotatable bonds is 20. The molecule has 0 heterocycles. The van der Waals surface area contributed by atoms with Crippen molar-refractivity contribution in [3.8, 4) is 5.75 Å². The van der Waals surface area contributed by atoms with E-state index in [0.29, 0.717) is 5.75 Å². The highest BCUT2D eigenvalue weighted by atomic mass is 16.6. The van der Waals surface area contributed by atoms with E-state index in [1.165, 1.54) is 116 Å². The van der Waals surface area contributed by atoms with Crippen LogP contribution in [0.1, 0.15) is 130 Å². The van der Waals surface area contributed by atoms with E-state index in [1.54, 1.807) is 6.07 Å². The number of unbranched alkanes of at least 4 members (excludes halogenated alkanes) is 6. The van der Waals surface area contributed by atoms with Crippen LogP contribution in [0.15, 0.2) is 18.2 Å². The molecular weight excluding hydrogens is 471 g/mol. The maximum atomic E-state index is 8.53. The van der Waals surface area contributed by atoms with Gasteiger partial charge in [-0.15, -0.1) is 0 Å². The average molecular weight is 537 g/mol. The maximum Gasteiger partial charge on any atom is 0.707 e. The van der Waals surface area contributed by atoms with E-state index in [-0.39, 0.29) is 0 Å². The zero-order chi connectivity index (χ0) is 29.0. The van der Waals surface area contributed by atoms with Crippen LogP contribution in [0.2, 0.25) is 0 Å². The van der Waals surface area contributed by atoms with Crippen molar-refractivity contribution in [2.75, 3.05) is 39.3 Å². The lowest BCUT2D eigenvalue weighted by Crippen LogP contribution is -2.27. The van der Waals surface area contributed by atoms with Gasteiger partial charge < -0.3 is 24.5 Å². The molecule has 0 aliphatic heterocycles. The summed E-state index contributed by atoms with van der Waals surface area (Å²) in [4.78, 5) is 5.27. The van der Waals surface area contributed by atoms with E-state index in [2.05, 4.69) is 51.3 Å². The van der Waals surface area contributed by atoms with Crippen LogP contribution in [0, 0.1) is 13.8 Å². The van der Waals surface area contributed by atoms with Gasteiger partial charge in [0.05, 0.1) is 0 Å². The summed E-state index contributed by atoms with van der Waals surface area (Å²) in [7, 11) is -1.74. The molecule has 2 N–H and O–H groups in total. The Morgan fingerprint density at radius 2 is 0.895 bits per heavy atom. The molecule has 0 bridgehead atoms. The van der Waals surface area contributed by atoms with Crippen molar-refractivity contribution in [2.24, 2.45) is 0 Å². The summed E-state index contributed by atoms with van der Waals surface area (Å²) in [6, 6.07) is 5.48. The van der Waals surface area contributed by atoms with Crippen LogP contribution in [-0.2, 0) is 0 Å². The molecule has 1 aromatic rings. The summed E-state index contributed by atoms with van der Waals surface area (Å²) >= 11 is 0. The van der Waals surface area contributed by atoms with Gasteiger partial charge in [0.2, 0.25) is 0 Å². The molecule has 0 aromatic heterocycles. The highest BCUT2D eigenvalue weighted by Crippen LogP contribution is 2.18. The van der Waals surface area contributed by atoms with E-state index in [1.807, 2.05) is 26.0 Å². The lowest BCUT2D eigenvalue weighted by molar-refractivity contribution is 0.261. The standard InChI is InChI=1S/2C12H27N.C8H11BO3/c2*1-4-7-10-13(11-8-5-2)12-9-6-3;1-6-3-4-8(7(2)5-6)12-9(10)11/h2*4-12H2,1-3H3;3-5,10-11H,1-2H3. The molecule has 224 valence electrons. The summed E-state index contributed by atoms with van der Waals surface area (Å²) in [5, 5.41) is 17.1. The van der Waals surface area contributed by atoms with Crippen LogP contribution in [0.3, 0.4) is 0 Å². The second-order valence-electron chi connectivity index (χ2n) is 10.5. The molecule has 0 radical (unpaired) electrons. The minimum absolute atomic E-state index is 0.496. The van der Waals surface area contributed by atoms with Crippen molar-refractivity contribution in [2.45, 2.75) is 132 Å². The fourth-order valence-electron chi connectivity index (χ4n) is 4.01. The number of benzene rings is 1. The van der Waals surface area contributed by atoms with Gasteiger partial charge in [0.1, 0.15) is 5.75 Å². The number of aryl methyl sites for hydroxylation is 2. The van der Waals surface area contributed by atoms with Crippen molar-refractivity contribution in [3.05, 3.63) is 29.3 Å². The normalized spacial score (nSPS) is 10.6.